The predicted octanol–water partition coefficient (Wildman–Crippen LogP) is 2.86. The minimum atomic E-state index is 0.441. The first kappa shape index (κ1) is 13.1. The van der Waals surface area contributed by atoms with Gasteiger partial charge in [-0.25, -0.2) is 0 Å². The second-order valence-electron chi connectivity index (χ2n) is 5.42. The third-order valence-electron chi connectivity index (χ3n) is 3.67. The standard InChI is InChI=1S/C13H21BrN2O/c1-13(5-7-16(2)8-6-13)10-15-9-11-3-4-12(14)17-11/h3-4,15H,5-10H2,1-2H3. The van der Waals surface area contributed by atoms with Crippen LogP contribution in [0.5, 0.6) is 0 Å². The van der Waals surface area contributed by atoms with Crippen molar-refractivity contribution in [3.8, 4) is 0 Å². The van der Waals surface area contributed by atoms with Crippen LogP contribution in [0.15, 0.2) is 21.2 Å². The molecule has 0 bridgehead atoms. The molecule has 0 amide bonds. The molecule has 0 atom stereocenters. The summed E-state index contributed by atoms with van der Waals surface area (Å²) in [6.07, 6.45) is 2.55. The van der Waals surface area contributed by atoms with Crippen LogP contribution in [0, 0.1) is 5.41 Å². The number of rotatable bonds is 4. The second-order valence-corrected chi connectivity index (χ2v) is 6.20. The SMILES string of the molecule is CN1CCC(C)(CNCc2ccc(Br)o2)CC1. The normalized spacial score (nSPS) is 20.6. The number of furan rings is 1. The molecule has 1 N–H and O–H groups in total. The molecule has 2 rings (SSSR count). The highest BCUT2D eigenvalue weighted by atomic mass is 79.9. The lowest BCUT2D eigenvalue weighted by atomic mass is 9.80. The minimum absolute atomic E-state index is 0.441. The van der Waals surface area contributed by atoms with Gasteiger partial charge in [-0.1, -0.05) is 6.92 Å². The van der Waals surface area contributed by atoms with Crippen molar-refractivity contribution < 1.29 is 4.42 Å². The Labute approximate surface area is 112 Å². The van der Waals surface area contributed by atoms with E-state index in [0.29, 0.717) is 5.41 Å². The van der Waals surface area contributed by atoms with Gasteiger partial charge in [0.2, 0.25) is 0 Å². The van der Waals surface area contributed by atoms with E-state index in [-0.39, 0.29) is 0 Å². The Morgan fingerprint density at radius 1 is 1.41 bits per heavy atom. The van der Waals surface area contributed by atoms with Crippen LogP contribution in [-0.2, 0) is 6.54 Å². The van der Waals surface area contributed by atoms with Gasteiger partial charge >= 0.3 is 0 Å². The first-order chi connectivity index (χ1) is 8.07. The monoisotopic (exact) mass is 300 g/mol. The molecular formula is C13H21BrN2O. The van der Waals surface area contributed by atoms with E-state index in [4.69, 9.17) is 4.42 Å². The summed E-state index contributed by atoms with van der Waals surface area (Å²) >= 11 is 3.32. The molecule has 1 saturated heterocycles. The number of hydrogen-bond donors (Lipinski definition) is 1. The van der Waals surface area contributed by atoms with E-state index in [2.05, 4.69) is 40.1 Å². The average molecular weight is 301 g/mol. The van der Waals surface area contributed by atoms with E-state index in [0.717, 1.165) is 23.5 Å². The fourth-order valence-corrected chi connectivity index (χ4v) is 2.61. The molecule has 0 radical (unpaired) electrons. The number of piperidine rings is 1. The van der Waals surface area contributed by atoms with E-state index in [1.165, 1.54) is 25.9 Å². The van der Waals surface area contributed by atoms with E-state index >= 15 is 0 Å². The fraction of sp³-hybridized carbons (Fsp3) is 0.692. The van der Waals surface area contributed by atoms with Crippen LogP contribution in [-0.4, -0.2) is 31.6 Å². The first-order valence-electron chi connectivity index (χ1n) is 6.21. The largest absolute Gasteiger partial charge is 0.453 e. The highest BCUT2D eigenvalue weighted by molar-refractivity contribution is 9.10. The van der Waals surface area contributed by atoms with Crippen LogP contribution in [0.3, 0.4) is 0 Å². The van der Waals surface area contributed by atoms with Crippen LogP contribution >= 0.6 is 15.9 Å². The molecule has 4 heteroatoms. The van der Waals surface area contributed by atoms with Gasteiger partial charge in [0, 0.05) is 6.54 Å². The van der Waals surface area contributed by atoms with Crippen molar-refractivity contribution in [1.29, 1.82) is 0 Å². The fourth-order valence-electron chi connectivity index (χ4n) is 2.27. The van der Waals surface area contributed by atoms with Crippen molar-refractivity contribution in [3.05, 3.63) is 22.6 Å². The summed E-state index contributed by atoms with van der Waals surface area (Å²) in [5, 5.41) is 3.51. The molecule has 1 fully saturated rings. The zero-order chi connectivity index (χ0) is 12.3. The molecule has 1 aromatic rings. The predicted molar refractivity (Wildman–Crippen MR) is 73.0 cm³/mol. The average Bonchev–Trinajstić information content (AvgIpc) is 2.69. The topological polar surface area (TPSA) is 28.4 Å². The molecule has 96 valence electrons. The van der Waals surface area contributed by atoms with Crippen molar-refractivity contribution >= 4 is 15.9 Å². The number of nitrogens with zero attached hydrogens (tertiary/aromatic N) is 1. The molecule has 1 aromatic heterocycles. The van der Waals surface area contributed by atoms with Gasteiger partial charge in [-0.2, -0.15) is 0 Å². The Morgan fingerprint density at radius 3 is 2.71 bits per heavy atom. The highest BCUT2D eigenvalue weighted by Gasteiger charge is 2.28. The first-order valence-corrected chi connectivity index (χ1v) is 7.00. The summed E-state index contributed by atoms with van der Waals surface area (Å²) in [4.78, 5) is 2.41. The Balaban J connectivity index is 1.74. The van der Waals surface area contributed by atoms with Crippen LogP contribution in [0.1, 0.15) is 25.5 Å². The lowest BCUT2D eigenvalue weighted by molar-refractivity contribution is 0.136. The molecule has 0 spiro atoms. The smallest absolute Gasteiger partial charge is 0.169 e. The quantitative estimate of drug-likeness (QED) is 0.927. The lowest BCUT2D eigenvalue weighted by Crippen LogP contribution is -2.41. The van der Waals surface area contributed by atoms with Crippen molar-refractivity contribution in [2.45, 2.75) is 26.3 Å². The van der Waals surface area contributed by atoms with Crippen LogP contribution in [0.25, 0.3) is 0 Å². The summed E-state index contributed by atoms with van der Waals surface area (Å²) in [5.41, 5.74) is 0.441. The Morgan fingerprint density at radius 2 is 2.12 bits per heavy atom. The summed E-state index contributed by atoms with van der Waals surface area (Å²) in [6.45, 7) is 6.69. The van der Waals surface area contributed by atoms with Gasteiger partial charge in [-0.3, -0.25) is 0 Å². The van der Waals surface area contributed by atoms with Crippen molar-refractivity contribution in [3.63, 3.8) is 0 Å². The van der Waals surface area contributed by atoms with Gasteiger partial charge < -0.3 is 14.6 Å². The molecule has 1 aliphatic heterocycles. The van der Waals surface area contributed by atoms with E-state index in [9.17, 15) is 0 Å². The maximum absolute atomic E-state index is 5.47. The highest BCUT2D eigenvalue weighted by Crippen LogP contribution is 2.29. The molecule has 2 heterocycles. The third kappa shape index (κ3) is 3.83. The van der Waals surface area contributed by atoms with E-state index < -0.39 is 0 Å². The maximum atomic E-state index is 5.47. The molecule has 0 saturated carbocycles. The van der Waals surface area contributed by atoms with Gasteiger partial charge in [0.1, 0.15) is 5.76 Å². The number of hydrogen-bond acceptors (Lipinski definition) is 3. The van der Waals surface area contributed by atoms with Gasteiger partial charge in [0.25, 0.3) is 0 Å². The zero-order valence-corrected chi connectivity index (χ0v) is 12.2. The van der Waals surface area contributed by atoms with Gasteiger partial charge in [0.15, 0.2) is 4.67 Å². The van der Waals surface area contributed by atoms with Gasteiger partial charge in [-0.05, 0) is 66.5 Å². The summed E-state index contributed by atoms with van der Waals surface area (Å²) < 4.78 is 6.27. The third-order valence-corrected chi connectivity index (χ3v) is 4.10. The molecule has 3 nitrogen and oxygen atoms in total. The van der Waals surface area contributed by atoms with Crippen molar-refractivity contribution in [1.82, 2.24) is 10.2 Å². The Kier molecular flexibility index (Phi) is 4.28. The maximum Gasteiger partial charge on any atom is 0.169 e. The van der Waals surface area contributed by atoms with E-state index in [1.54, 1.807) is 0 Å². The van der Waals surface area contributed by atoms with Crippen molar-refractivity contribution in [2.75, 3.05) is 26.7 Å². The summed E-state index contributed by atoms with van der Waals surface area (Å²) in [5.74, 6) is 0.994. The molecule has 0 unspecified atom stereocenters. The van der Waals surface area contributed by atoms with Crippen LogP contribution < -0.4 is 5.32 Å². The van der Waals surface area contributed by atoms with Crippen LogP contribution in [0.2, 0.25) is 0 Å². The number of halogens is 1. The summed E-state index contributed by atoms with van der Waals surface area (Å²) in [6, 6.07) is 3.95. The Bertz CT molecular complexity index is 356. The second kappa shape index (κ2) is 5.55. The van der Waals surface area contributed by atoms with Crippen molar-refractivity contribution in [2.24, 2.45) is 5.41 Å². The lowest BCUT2D eigenvalue weighted by Gasteiger charge is -2.38. The van der Waals surface area contributed by atoms with Gasteiger partial charge in [-0.15, -0.1) is 0 Å². The van der Waals surface area contributed by atoms with Crippen LogP contribution in [0.4, 0.5) is 0 Å². The number of likely N-dealkylation sites (tertiary alicyclic amines) is 1. The molecule has 0 aromatic carbocycles. The zero-order valence-electron chi connectivity index (χ0n) is 10.6. The van der Waals surface area contributed by atoms with Gasteiger partial charge in [0.05, 0.1) is 6.54 Å². The molecule has 17 heavy (non-hydrogen) atoms. The van der Waals surface area contributed by atoms with E-state index in [1.807, 2.05) is 12.1 Å². The summed E-state index contributed by atoms with van der Waals surface area (Å²) in [7, 11) is 2.20. The Hall–Kier alpha value is -0.320. The molecular weight excluding hydrogens is 280 g/mol. The number of nitrogens with one attached hydrogen (secondary N) is 1. The molecule has 1 aliphatic rings. The minimum Gasteiger partial charge on any atom is -0.453 e. The molecule has 0 aliphatic carbocycles.